The minimum absolute atomic E-state index is 0.517. The molecule has 3 aromatic heterocycles. The van der Waals surface area contributed by atoms with Crippen molar-refractivity contribution >= 4 is 5.78 Å². The summed E-state index contributed by atoms with van der Waals surface area (Å²) in [6.07, 6.45) is 4.55. The summed E-state index contributed by atoms with van der Waals surface area (Å²) in [6, 6.07) is 4.27. The second-order valence-electron chi connectivity index (χ2n) is 6.99. The second-order valence-corrected chi connectivity index (χ2v) is 6.99. The largest absolute Gasteiger partial charge is 0.297 e. The molecule has 3 aromatic rings. The molecule has 0 spiro atoms. The number of hydrogen-bond acceptors (Lipinski definition) is 4. The van der Waals surface area contributed by atoms with Gasteiger partial charge in [0.2, 0.25) is 5.78 Å². The molecule has 1 N–H and O–H groups in total. The van der Waals surface area contributed by atoms with Crippen LogP contribution in [0.15, 0.2) is 18.3 Å². The quantitative estimate of drug-likeness (QED) is 0.805. The number of hydrogen-bond donors (Lipinski definition) is 1. The molecule has 1 aliphatic heterocycles. The maximum absolute atomic E-state index is 4.72. The maximum Gasteiger partial charge on any atom is 0.234 e. The molecule has 0 unspecified atom stereocenters. The molecule has 6 heteroatoms. The number of nitrogens with zero attached hydrogens (tertiary/aromatic N) is 5. The van der Waals surface area contributed by atoms with Gasteiger partial charge in [-0.05, 0) is 52.3 Å². The van der Waals surface area contributed by atoms with Crippen molar-refractivity contribution < 1.29 is 0 Å². The molecule has 0 bridgehead atoms. The van der Waals surface area contributed by atoms with E-state index in [1.54, 1.807) is 0 Å². The second kappa shape index (κ2) is 6.02. The number of H-pyrrole nitrogens is 1. The van der Waals surface area contributed by atoms with Crippen LogP contribution in [-0.2, 0) is 6.54 Å². The normalized spacial score (nSPS) is 19.2. The van der Waals surface area contributed by atoms with E-state index in [1.807, 2.05) is 6.92 Å². The zero-order valence-electron chi connectivity index (χ0n) is 14.6. The summed E-state index contributed by atoms with van der Waals surface area (Å²) >= 11 is 0. The van der Waals surface area contributed by atoms with Gasteiger partial charge in [-0.2, -0.15) is 5.10 Å². The smallest absolute Gasteiger partial charge is 0.234 e. The van der Waals surface area contributed by atoms with E-state index >= 15 is 0 Å². The molecule has 1 fully saturated rings. The van der Waals surface area contributed by atoms with Crippen molar-refractivity contribution in [2.45, 2.75) is 46.1 Å². The standard InChI is InChI=1S/C18H24N6/c1-12-7-14(3)24-11-16(20-18(24)19-12)10-23-6-4-5-15(9-23)17-8-13(2)21-22-17/h7-8,11,15H,4-6,9-10H2,1-3H3,(H,21,22)/t15-/m1/s1. The third kappa shape index (κ3) is 2.94. The molecule has 4 rings (SSSR count). The lowest BCUT2D eigenvalue weighted by Gasteiger charge is -2.31. The van der Waals surface area contributed by atoms with Crippen LogP contribution in [0.3, 0.4) is 0 Å². The fourth-order valence-electron chi connectivity index (χ4n) is 3.71. The minimum Gasteiger partial charge on any atom is -0.297 e. The van der Waals surface area contributed by atoms with Gasteiger partial charge in [-0.1, -0.05) is 0 Å². The topological polar surface area (TPSA) is 62.1 Å². The molecule has 1 atom stereocenters. The van der Waals surface area contributed by atoms with Crippen molar-refractivity contribution in [3.05, 3.63) is 46.8 Å². The first kappa shape index (κ1) is 15.3. The van der Waals surface area contributed by atoms with Gasteiger partial charge >= 0.3 is 0 Å². The molecule has 6 nitrogen and oxygen atoms in total. The van der Waals surface area contributed by atoms with E-state index in [4.69, 9.17) is 4.98 Å². The lowest BCUT2D eigenvalue weighted by Crippen LogP contribution is -2.34. The number of aryl methyl sites for hydroxylation is 3. The zero-order chi connectivity index (χ0) is 16.7. The molecule has 1 saturated heterocycles. The maximum atomic E-state index is 4.72. The monoisotopic (exact) mass is 324 g/mol. The number of likely N-dealkylation sites (tertiary alicyclic amines) is 1. The van der Waals surface area contributed by atoms with Gasteiger partial charge in [0.25, 0.3) is 0 Å². The van der Waals surface area contributed by atoms with Gasteiger partial charge in [-0.3, -0.25) is 14.4 Å². The van der Waals surface area contributed by atoms with Crippen molar-refractivity contribution in [3.63, 3.8) is 0 Å². The summed E-state index contributed by atoms with van der Waals surface area (Å²) in [4.78, 5) is 11.7. The van der Waals surface area contributed by atoms with Crippen molar-refractivity contribution in [1.29, 1.82) is 0 Å². The lowest BCUT2D eigenvalue weighted by molar-refractivity contribution is 0.196. The van der Waals surface area contributed by atoms with E-state index in [2.05, 4.69) is 56.7 Å². The summed E-state index contributed by atoms with van der Waals surface area (Å²) in [5.74, 6) is 1.32. The third-order valence-corrected chi connectivity index (χ3v) is 4.85. The Morgan fingerprint density at radius 2 is 2.08 bits per heavy atom. The average Bonchev–Trinajstić information content (AvgIpc) is 3.14. The van der Waals surface area contributed by atoms with Crippen molar-refractivity contribution in [2.75, 3.05) is 13.1 Å². The Morgan fingerprint density at radius 3 is 2.88 bits per heavy atom. The highest BCUT2D eigenvalue weighted by atomic mass is 15.2. The van der Waals surface area contributed by atoms with E-state index in [-0.39, 0.29) is 0 Å². The van der Waals surface area contributed by atoms with E-state index in [0.29, 0.717) is 5.92 Å². The Morgan fingerprint density at radius 1 is 1.21 bits per heavy atom. The molecule has 0 saturated carbocycles. The van der Waals surface area contributed by atoms with Crippen LogP contribution in [0.25, 0.3) is 5.78 Å². The van der Waals surface area contributed by atoms with Crippen LogP contribution in [0.4, 0.5) is 0 Å². The highest BCUT2D eigenvalue weighted by molar-refractivity contribution is 5.34. The SMILES string of the molecule is Cc1cc(C)n2cc(CN3CCC[C@@H](c4cc(C)[nH]n4)C3)nc2n1. The highest BCUT2D eigenvalue weighted by Gasteiger charge is 2.23. The Kier molecular flexibility index (Phi) is 3.84. The third-order valence-electron chi connectivity index (χ3n) is 4.85. The van der Waals surface area contributed by atoms with Gasteiger partial charge in [0.15, 0.2) is 0 Å². The van der Waals surface area contributed by atoms with Crippen LogP contribution in [-0.4, -0.2) is 42.6 Å². The molecule has 0 radical (unpaired) electrons. The predicted octanol–water partition coefficient (Wildman–Crippen LogP) is 2.76. The van der Waals surface area contributed by atoms with Gasteiger partial charge in [-0.15, -0.1) is 0 Å². The van der Waals surface area contributed by atoms with Gasteiger partial charge < -0.3 is 0 Å². The Bertz CT molecular complexity index is 862. The van der Waals surface area contributed by atoms with Crippen molar-refractivity contribution in [1.82, 2.24) is 29.5 Å². The zero-order valence-corrected chi connectivity index (χ0v) is 14.6. The summed E-state index contributed by atoms with van der Waals surface area (Å²) in [7, 11) is 0. The Hall–Kier alpha value is -2.21. The van der Waals surface area contributed by atoms with Crippen LogP contribution >= 0.6 is 0 Å². The Labute approximate surface area is 141 Å². The summed E-state index contributed by atoms with van der Waals surface area (Å²) in [6.45, 7) is 9.22. The summed E-state index contributed by atoms with van der Waals surface area (Å²) in [5.41, 5.74) is 5.62. The molecule has 0 aliphatic carbocycles. The van der Waals surface area contributed by atoms with Crippen LogP contribution < -0.4 is 0 Å². The number of nitrogens with one attached hydrogen (secondary N) is 1. The van der Waals surface area contributed by atoms with Gasteiger partial charge in [-0.25, -0.2) is 9.97 Å². The molecule has 0 aromatic carbocycles. The van der Waals surface area contributed by atoms with Crippen molar-refractivity contribution in [2.24, 2.45) is 0 Å². The number of aromatic nitrogens is 5. The molecule has 0 amide bonds. The van der Waals surface area contributed by atoms with Crippen LogP contribution in [0.5, 0.6) is 0 Å². The number of fused-ring (bicyclic) bond motifs is 1. The number of aromatic amines is 1. The number of piperidine rings is 1. The summed E-state index contributed by atoms with van der Waals surface area (Å²) in [5, 5.41) is 7.52. The predicted molar refractivity (Wildman–Crippen MR) is 93.0 cm³/mol. The fourth-order valence-corrected chi connectivity index (χ4v) is 3.71. The highest BCUT2D eigenvalue weighted by Crippen LogP contribution is 2.26. The molecule has 1 aliphatic rings. The first-order valence-electron chi connectivity index (χ1n) is 8.65. The molecule has 4 heterocycles. The van der Waals surface area contributed by atoms with E-state index in [0.717, 1.165) is 42.5 Å². The lowest BCUT2D eigenvalue weighted by atomic mass is 9.94. The molecular weight excluding hydrogens is 300 g/mol. The molecular formula is C18H24N6. The first-order valence-corrected chi connectivity index (χ1v) is 8.65. The van der Waals surface area contributed by atoms with Gasteiger partial charge in [0.1, 0.15) is 0 Å². The van der Waals surface area contributed by atoms with Crippen molar-refractivity contribution in [3.8, 4) is 0 Å². The van der Waals surface area contributed by atoms with Crippen LogP contribution in [0.1, 0.15) is 47.2 Å². The minimum atomic E-state index is 0.517. The number of imidazole rings is 1. The van der Waals surface area contributed by atoms with Gasteiger partial charge in [0.05, 0.1) is 11.4 Å². The average molecular weight is 324 g/mol. The Balaban J connectivity index is 1.51. The van der Waals surface area contributed by atoms with Gasteiger partial charge in [0, 0.05) is 42.3 Å². The van der Waals surface area contributed by atoms with E-state index < -0.39 is 0 Å². The first-order chi connectivity index (χ1) is 11.6. The van der Waals surface area contributed by atoms with E-state index in [9.17, 15) is 0 Å². The fraction of sp³-hybridized carbons (Fsp3) is 0.500. The summed E-state index contributed by atoms with van der Waals surface area (Å²) < 4.78 is 2.08. The van der Waals surface area contributed by atoms with E-state index in [1.165, 1.54) is 24.2 Å². The number of rotatable bonds is 3. The van der Waals surface area contributed by atoms with Crippen LogP contribution in [0, 0.1) is 20.8 Å². The molecule has 126 valence electrons. The molecule has 24 heavy (non-hydrogen) atoms. The van der Waals surface area contributed by atoms with Crippen LogP contribution in [0.2, 0.25) is 0 Å².